The van der Waals surface area contributed by atoms with Crippen molar-refractivity contribution in [1.29, 1.82) is 0 Å². The number of carbonyl (C=O) groups is 1. The maximum absolute atomic E-state index is 12.0. The first-order chi connectivity index (χ1) is 9.22. The van der Waals surface area contributed by atoms with Gasteiger partial charge in [-0.15, -0.1) is 0 Å². The second kappa shape index (κ2) is 9.32. The average molecular weight is 270 g/mol. The van der Waals surface area contributed by atoms with Crippen LogP contribution in [-0.2, 0) is 9.53 Å². The highest BCUT2D eigenvalue weighted by molar-refractivity contribution is 5.76. The number of hydrogen-bond donors (Lipinski definition) is 1. The summed E-state index contributed by atoms with van der Waals surface area (Å²) in [5.74, 6) is -0.104. The van der Waals surface area contributed by atoms with Gasteiger partial charge in [-0.2, -0.15) is 0 Å². The molecule has 0 amide bonds. The minimum Gasteiger partial charge on any atom is -0.465 e. The molecule has 1 fully saturated rings. The topological polar surface area (TPSA) is 41.6 Å². The Bertz CT molecular complexity index is 253. The molecule has 0 spiro atoms. The van der Waals surface area contributed by atoms with E-state index < -0.39 is 0 Å². The van der Waals surface area contributed by atoms with E-state index in [2.05, 4.69) is 24.1 Å². The number of hydrogen-bond acceptors (Lipinski definition) is 4. The van der Waals surface area contributed by atoms with Crippen LogP contribution >= 0.6 is 0 Å². The molecule has 19 heavy (non-hydrogen) atoms. The van der Waals surface area contributed by atoms with Crippen molar-refractivity contribution in [2.45, 2.75) is 65.0 Å². The van der Waals surface area contributed by atoms with E-state index in [1.165, 1.54) is 25.7 Å². The highest BCUT2D eigenvalue weighted by atomic mass is 16.5. The maximum atomic E-state index is 12.0. The minimum absolute atomic E-state index is 0.104. The van der Waals surface area contributed by atoms with E-state index in [1.807, 2.05) is 6.92 Å². The summed E-state index contributed by atoms with van der Waals surface area (Å²) in [6, 6.07) is 0.478. The number of ether oxygens (including phenoxy) is 1. The molecule has 112 valence electrons. The fraction of sp³-hybridized carbons (Fsp3) is 0.933. The molecule has 1 aliphatic carbocycles. The number of likely N-dealkylation sites (N-methyl/N-ethyl adjacent to an activating group) is 1. The fourth-order valence-corrected chi connectivity index (χ4v) is 2.82. The fourth-order valence-electron chi connectivity index (χ4n) is 2.82. The first kappa shape index (κ1) is 16.4. The molecule has 4 heteroatoms. The average Bonchev–Trinajstić information content (AvgIpc) is 2.93. The van der Waals surface area contributed by atoms with Crippen LogP contribution in [0.5, 0.6) is 0 Å². The van der Waals surface area contributed by atoms with Crippen LogP contribution in [0.4, 0.5) is 0 Å². The zero-order valence-electron chi connectivity index (χ0n) is 12.8. The monoisotopic (exact) mass is 270 g/mol. The molecule has 0 aromatic rings. The van der Waals surface area contributed by atoms with E-state index >= 15 is 0 Å². The molecule has 1 N–H and O–H groups in total. The molecule has 0 saturated heterocycles. The predicted octanol–water partition coefficient (Wildman–Crippen LogP) is 2.18. The Balaban J connectivity index is 2.54. The lowest BCUT2D eigenvalue weighted by atomic mass is 10.1. The van der Waals surface area contributed by atoms with Crippen LogP contribution in [0.1, 0.15) is 52.9 Å². The van der Waals surface area contributed by atoms with E-state index in [-0.39, 0.29) is 12.0 Å². The first-order valence-corrected chi connectivity index (χ1v) is 7.86. The van der Waals surface area contributed by atoms with Crippen molar-refractivity contribution in [3.05, 3.63) is 0 Å². The number of nitrogens with one attached hydrogen (secondary N) is 1. The highest BCUT2D eigenvalue weighted by Gasteiger charge is 2.27. The van der Waals surface area contributed by atoms with Crippen LogP contribution in [0.3, 0.4) is 0 Å². The van der Waals surface area contributed by atoms with E-state index in [1.54, 1.807) is 0 Å². The van der Waals surface area contributed by atoms with Crippen LogP contribution in [0.2, 0.25) is 0 Å². The summed E-state index contributed by atoms with van der Waals surface area (Å²) in [7, 11) is 0. The minimum atomic E-state index is -0.180. The Morgan fingerprint density at radius 1 is 1.32 bits per heavy atom. The molecule has 1 saturated carbocycles. The van der Waals surface area contributed by atoms with Gasteiger partial charge in [0.05, 0.1) is 6.61 Å². The van der Waals surface area contributed by atoms with Gasteiger partial charge in [0.1, 0.15) is 6.04 Å². The summed E-state index contributed by atoms with van der Waals surface area (Å²) in [5, 5.41) is 3.33. The lowest BCUT2D eigenvalue weighted by Gasteiger charge is -2.30. The van der Waals surface area contributed by atoms with Crippen LogP contribution in [0.25, 0.3) is 0 Å². The molecule has 1 aliphatic rings. The maximum Gasteiger partial charge on any atom is 0.324 e. The van der Waals surface area contributed by atoms with E-state index in [9.17, 15) is 4.79 Å². The summed E-state index contributed by atoms with van der Waals surface area (Å²) in [4.78, 5) is 14.4. The van der Waals surface area contributed by atoms with Gasteiger partial charge in [-0.1, -0.05) is 26.7 Å². The van der Waals surface area contributed by atoms with Crippen molar-refractivity contribution in [3.63, 3.8) is 0 Å². The summed E-state index contributed by atoms with van der Waals surface area (Å²) >= 11 is 0. The van der Waals surface area contributed by atoms with Gasteiger partial charge >= 0.3 is 5.97 Å². The van der Waals surface area contributed by atoms with Gasteiger partial charge in [0.2, 0.25) is 0 Å². The second-order valence-electron chi connectivity index (χ2n) is 5.28. The van der Waals surface area contributed by atoms with E-state index in [0.29, 0.717) is 12.6 Å². The first-order valence-electron chi connectivity index (χ1n) is 7.86. The van der Waals surface area contributed by atoms with Crippen LogP contribution in [0.15, 0.2) is 0 Å². The molecular weight excluding hydrogens is 240 g/mol. The molecule has 1 atom stereocenters. The zero-order chi connectivity index (χ0) is 14.1. The van der Waals surface area contributed by atoms with Crippen molar-refractivity contribution in [2.75, 3.05) is 26.2 Å². The molecule has 1 rings (SSSR count). The summed E-state index contributed by atoms with van der Waals surface area (Å²) in [6.45, 7) is 9.27. The quantitative estimate of drug-likeness (QED) is 0.652. The predicted molar refractivity (Wildman–Crippen MR) is 78.2 cm³/mol. The summed E-state index contributed by atoms with van der Waals surface area (Å²) in [6.07, 6.45) is 6.24. The molecular formula is C15H30N2O2. The SMILES string of the molecule is CCCNC(CN(CC)C1CCCC1)C(=O)OCC. The van der Waals surface area contributed by atoms with E-state index in [0.717, 1.165) is 26.1 Å². The number of carbonyl (C=O) groups excluding carboxylic acids is 1. The van der Waals surface area contributed by atoms with Crippen molar-refractivity contribution in [1.82, 2.24) is 10.2 Å². The van der Waals surface area contributed by atoms with Crippen molar-refractivity contribution in [3.8, 4) is 0 Å². The third-order valence-electron chi connectivity index (χ3n) is 3.88. The van der Waals surface area contributed by atoms with Crippen LogP contribution in [-0.4, -0.2) is 49.2 Å². The van der Waals surface area contributed by atoms with Gasteiger partial charge in [0.25, 0.3) is 0 Å². The third kappa shape index (κ3) is 5.49. The van der Waals surface area contributed by atoms with Gasteiger partial charge in [-0.05, 0) is 39.3 Å². The van der Waals surface area contributed by atoms with Crippen molar-refractivity contribution >= 4 is 5.97 Å². The smallest absolute Gasteiger partial charge is 0.324 e. The van der Waals surface area contributed by atoms with E-state index in [4.69, 9.17) is 4.74 Å². The summed E-state index contributed by atoms with van der Waals surface area (Å²) in [5.41, 5.74) is 0. The van der Waals surface area contributed by atoms with Crippen LogP contribution in [0, 0.1) is 0 Å². The third-order valence-corrected chi connectivity index (χ3v) is 3.88. The number of nitrogens with zero attached hydrogens (tertiary/aromatic N) is 1. The Labute approximate surface area is 117 Å². The standard InChI is InChI=1S/C15H30N2O2/c1-4-11-16-14(15(18)19-6-3)12-17(5-2)13-9-7-8-10-13/h13-14,16H,4-12H2,1-3H3. The van der Waals surface area contributed by atoms with Gasteiger partial charge in [0, 0.05) is 12.6 Å². The zero-order valence-corrected chi connectivity index (χ0v) is 12.8. The number of rotatable bonds is 9. The Morgan fingerprint density at radius 2 is 2.00 bits per heavy atom. The highest BCUT2D eigenvalue weighted by Crippen LogP contribution is 2.23. The lowest BCUT2D eigenvalue weighted by molar-refractivity contribution is -0.146. The number of esters is 1. The van der Waals surface area contributed by atoms with Crippen molar-refractivity contribution < 1.29 is 9.53 Å². The molecule has 0 aliphatic heterocycles. The van der Waals surface area contributed by atoms with Gasteiger partial charge in [0.15, 0.2) is 0 Å². The summed E-state index contributed by atoms with van der Waals surface area (Å²) < 4.78 is 5.18. The Kier molecular flexibility index (Phi) is 8.07. The normalized spacial score (nSPS) is 17.9. The largest absolute Gasteiger partial charge is 0.465 e. The molecule has 4 nitrogen and oxygen atoms in total. The lowest BCUT2D eigenvalue weighted by Crippen LogP contribution is -2.49. The molecule has 0 radical (unpaired) electrons. The van der Waals surface area contributed by atoms with Gasteiger partial charge < -0.3 is 10.1 Å². The molecule has 0 aromatic heterocycles. The van der Waals surface area contributed by atoms with Crippen LogP contribution < -0.4 is 5.32 Å². The second-order valence-corrected chi connectivity index (χ2v) is 5.28. The Morgan fingerprint density at radius 3 is 2.53 bits per heavy atom. The van der Waals surface area contributed by atoms with Gasteiger partial charge in [-0.3, -0.25) is 9.69 Å². The Hall–Kier alpha value is -0.610. The van der Waals surface area contributed by atoms with Gasteiger partial charge in [-0.25, -0.2) is 0 Å². The molecule has 1 unspecified atom stereocenters. The molecule has 0 aromatic carbocycles. The van der Waals surface area contributed by atoms with Crippen molar-refractivity contribution in [2.24, 2.45) is 0 Å². The molecule has 0 heterocycles. The molecule has 0 bridgehead atoms.